The summed E-state index contributed by atoms with van der Waals surface area (Å²) in [6.45, 7) is 12.4. The first-order valence-electron chi connectivity index (χ1n) is 15.2. The van der Waals surface area contributed by atoms with Gasteiger partial charge in [0.25, 0.3) is 0 Å². The Balaban J connectivity index is 1.35. The van der Waals surface area contributed by atoms with E-state index in [0.717, 1.165) is 48.6 Å². The molecule has 222 valence electrons. The van der Waals surface area contributed by atoms with Gasteiger partial charge < -0.3 is 24.3 Å². The molecule has 2 saturated heterocycles. The molecular weight excluding hydrogens is 538 g/mol. The van der Waals surface area contributed by atoms with Crippen LogP contribution in [-0.2, 0) is 17.8 Å². The number of carbonyl (C=O) groups excluding carboxylic acids is 1. The second-order valence-electron chi connectivity index (χ2n) is 11.6. The average molecular weight is 578 g/mol. The Hall–Kier alpha value is -4.42. The normalized spacial score (nSPS) is 20.5. The minimum absolute atomic E-state index is 0.140. The molecule has 4 heterocycles. The lowest BCUT2D eigenvalue weighted by atomic mass is 9.99. The van der Waals surface area contributed by atoms with Crippen LogP contribution in [0.5, 0.6) is 6.01 Å². The fourth-order valence-corrected chi connectivity index (χ4v) is 6.80. The van der Waals surface area contributed by atoms with E-state index in [0.29, 0.717) is 44.8 Å². The maximum atomic E-state index is 12.5. The lowest BCUT2D eigenvalue weighted by Gasteiger charge is -2.42. The van der Waals surface area contributed by atoms with Gasteiger partial charge in [0.15, 0.2) is 0 Å². The maximum absolute atomic E-state index is 12.5. The summed E-state index contributed by atoms with van der Waals surface area (Å²) in [6.07, 6.45) is 6.55. The highest BCUT2D eigenvalue weighted by Gasteiger charge is 2.33. The standard InChI is InChI=1S/C34H39N7O2/c1-4-24-9-6-10-25-11-7-13-30(32(24)25)39-18-15-28-29(22-39)36-34(43-23-27-12-8-17-38(27)3)37-33(28)40-19-20-41(31(42)5-2)26(21-40)14-16-35/h4-7,9-11,13,26-27H,1-2,8,12,14-15,17-23H2,3H3/t26-,27-/m0/s1. The maximum Gasteiger partial charge on any atom is 0.318 e. The van der Waals surface area contributed by atoms with Gasteiger partial charge in [0.2, 0.25) is 5.91 Å². The van der Waals surface area contributed by atoms with Crippen LogP contribution in [0.25, 0.3) is 16.8 Å². The fraction of sp³-hybridized carbons (Fsp3) is 0.412. The second kappa shape index (κ2) is 12.4. The Bertz CT molecular complexity index is 1580. The van der Waals surface area contributed by atoms with Gasteiger partial charge >= 0.3 is 6.01 Å². The SMILES string of the molecule is C=CC(=O)N1CCN(c2nc(OC[C@@H]3CCCN3C)nc3c2CCN(c2cccc4cccc(C=C)c24)C3)C[C@@H]1CC#N. The summed E-state index contributed by atoms with van der Waals surface area (Å²) in [4.78, 5) is 31.2. The van der Waals surface area contributed by atoms with Crippen LogP contribution in [-0.4, -0.2) is 84.1 Å². The lowest BCUT2D eigenvalue weighted by molar-refractivity contribution is -0.128. The smallest absolute Gasteiger partial charge is 0.318 e. The fourth-order valence-electron chi connectivity index (χ4n) is 6.80. The zero-order valence-electron chi connectivity index (χ0n) is 24.9. The van der Waals surface area contributed by atoms with Gasteiger partial charge in [-0.1, -0.05) is 49.6 Å². The quantitative estimate of drug-likeness (QED) is 0.364. The van der Waals surface area contributed by atoms with E-state index in [1.165, 1.54) is 29.0 Å². The third kappa shape index (κ3) is 5.67. The van der Waals surface area contributed by atoms with Crippen molar-refractivity contribution in [2.45, 2.75) is 44.3 Å². The van der Waals surface area contributed by atoms with E-state index in [2.05, 4.69) is 77.4 Å². The van der Waals surface area contributed by atoms with Crippen molar-refractivity contribution >= 4 is 34.3 Å². The minimum atomic E-state index is -0.237. The van der Waals surface area contributed by atoms with E-state index in [9.17, 15) is 10.1 Å². The molecule has 2 aromatic carbocycles. The highest BCUT2D eigenvalue weighted by molar-refractivity contribution is 6.00. The van der Waals surface area contributed by atoms with Crippen molar-refractivity contribution in [1.29, 1.82) is 5.26 Å². The summed E-state index contributed by atoms with van der Waals surface area (Å²) in [5.74, 6) is 0.719. The number of aromatic nitrogens is 2. The second-order valence-corrected chi connectivity index (χ2v) is 11.6. The Morgan fingerprint density at radius 1 is 1.09 bits per heavy atom. The molecule has 1 aromatic heterocycles. The average Bonchev–Trinajstić information content (AvgIpc) is 3.46. The molecule has 0 spiro atoms. The predicted molar refractivity (Wildman–Crippen MR) is 170 cm³/mol. The third-order valence-corrected chi connectivity index (χ3v) is 9.14. The van der Waals surface area contributed by atoms with Gasteiger partial charge in [0, 0.05) is 48.9 Å². The van der Waals surface area contributed by atoms with Crippen LogP contribution in [0.15, 0.2) is 55.6 Å². The molecule has 6 rings (SSSR count). The number of rotatable bonds is 8. The van der Waals surface area contributed by atoms with E-state index in [1.54, 1.807) is 4.90 Å². The van der Waals surface area contributed by atoms with Crippen molar-refractivity contribution in [3.05, 3.63) is 72.5 Å². The van der Waals surface area contributed by atoms with E-state index < -0.39 is 0 Å². The molecule has 1 amide bonds. The van der Waals surface area contributed by atoms with Crippen LogP contribution < -0.4 is 14.5 Å². The summed E-state index contributed by atoms with van der Waals surface area (Å²) >= 11 is 0. The summed E-state index contributed by atoms with van der Waals surface area (Å²) < 4.78 is 6.30. The molecule has 3 aliphatic heterocycles. The van der Waals surface area contributed by atoms with Crippen molar-refractivity contribution in [3.8, 4) is 12.1 Å². The number of nitrogens with zero attached hydrogens (tertiary/aromatic N) is 7. The monoisotopic (exact) mass is 577 g/mol. The molecule has 3 aromatic rings. The lowest BCUT2D eigenvalue weighted by Crippen LogP contribution is -2.55. The van der Waals surface area contributed by atoms with E-state index in [4.69, 9.17) is 14.7 Å². The topological polar surface area (TPSA) is 88.8 Å². The molecule has 0 N–H and O–H groups in total. The highest BCUT2D eigenvalue weighted by Crippen LogP contribution is 2.36. The van der Waals surface area contributed by atoms with Crippen LogP contribution in [0, 0.1) is 11.3 Å². The molecule has 0 aliphatic carbocycles. The van der Waals surface area contributed by atoms with Gasteiger partial charge in [0.05, 0.1) is 30.8 Å². The summed E-state index contributed by atoms with van der Waals surface area (Å²) in [6, 6.07) is 15.5. The van der Waals surface area contributed by atoms with Crippen molar-refractivity contribution in [2.24, 2.45) is 0 Å². The molecular formula is C34H39N7O2. The Morgan fingerprint density at radius 2 is 1.93 bits per heavy atom. The summed E-state index contributed by atoms with van der Waals surface area (Å²) in [5, 5.41) is 11.9. The van der Waals surface area contributed by atoms with Gasteiger partial charge in [0.1, 0.15) is 12.4 Å². The van der Waals surface area contributed by atoms with Crippen LogP contribution in [0.1, 0.15) is 36.1 Å². The Kier molecular flexibility index (Phi) is 8.30. The molecule has 3 aliphatic rings. The number of benzene rings is 2. The molecule has 0 radical (unpaired) electrons. The van der Waals surface area contributed by atoms with Crippen LogP contribution in [0.4, 0.5) is 11.5 Å². The zero-order chi connectivity index (χ0) is 29.9. The number of ether oxygens (including phenoxy) is 1. The van der Waals surface area contributed by atoms with Gasteiger partial charge in [-0.25, -0.2) is 0 Å². The van der Waals surface area contributed by atoms with Crippen molar-refractivity contribution < 1.29 is 9.53 Å². The number of hydrogen-bond donors (Lipinski definition) is 0. The molecule has 2 atom stereocenters. The van der Waals surface area contributed by atoms with Crippen LogP contribution in [0.2, 0.25) is 0 Å². The number of fused-ring (bicyclic) bond motifs is 2. The Labute approximate surface area is 253 Å². The van der Waals surface area contributed by atoms with Gasteiger partial charge in [-0.15, -0.1) is 0 Å². The van der Waals surface area contributed by atoms with E-state index >= 15 is 0 Å². The number of anilines is 2. The number of carbonyl (C=O) groups is 1. The number of nitriles is 1. The van der Waals surface area contributed by atoms with Crippen molar-refractivity contribution in [1.82, 2.24) is 19.8 Å². The summed E-state index contributed by atoms with van der Waals surface area (Å²) in [5.41, 5.74) is 4.35. The van der Waals surface area contributed by atoms with Gasteiger partial charge in [-0.2, -0.15) is 15.2 Å². The first kappa shape index (κ1) is 28.7. The van der Waals surface area contributed by atoms with Crippen molar-refractivity contribution in [2.75, 3.05) is 56.2 Å². The largest absolute Gasteiger partial charge is 0.462 e. The van der Waals surface area contributed by atoms with Crippen molar-refractivity contribution in [3.63, 3.8) is 0 Å². The number of amides is 1. The third-order valence-electron chi connectivity index (χ3n) is 9.14. The van der Waals surface area contributed by atoms with E-state index in [-0.39, 0.29) is 18.4 Å². The van der Waals surface area contributed by atoms with Gasteiger partial charge in [-0.3, -0.25) is 4.79 Å². The predicted octanol–water partition coefficient (Wildman–Crippen LogP) is 4.43. The molecule has 9 heteroatoms. The number of likely N-dealkylation sites (N-methyl/N-ethyl adjacent to an activating group) is 1. The molecule has 0 bridgehead atoms. The molecule has 0 unspecified atom stereocenters. The molecule has 0 saturated carbocycles. The number of hydrogen-bond acceptors (Lipinski definition) is 8. The molecule has 2 fully saturated rings. The van der Waals surface area contributed by atoms with Crippen LogP contribution >= 0.6 is 0 Å². The minimum Gasteiger partial charge on any atom is -0.462 e. The zero-order valence-corrected chi connectivity index (χ0v) is 24.9. The molecule has 9 nitrogen and oxygen atoms in total. The number of likely N-dealkylation sites (tertiary alicyclic amines) is 1. The first-order chi connectivity index (χ1) is 21.0. The highest BCUT2D eigenvalue weighted by atomic mass is 16.5. The first-order valence-corrected chi connectivity index (χ1v) is 15.2. The summed E-state index contributed by atoms with van der Waals surface area (Å²) in [7, 11) is 2.14. The van der Waals surface area contributed by atoms with Gasteiger partial charge in [-0.05, 0) is 55.9 Å². The Morgan fingerprint density at radius 3 is 2.67 bits per heavy atom. The number of piperazine rings is 1. The molecule has 43 heavy (non-hydrogen) atoms. The van der Waals surface area contributed by atoms with E-state index in [1.807, 2.05) is 6.08 Å². The van der Waals surface area contributed by atoms with Crippen LogP contribution in [0.3, 0.4) is 0 Å².